The highest BCUT2D eigenvalue weighted by Crippen LogP contribution is 2.37. The first-order chi connectivity index (χ1) is 13.6. The minimum absolute atomic E-state index is 0.0558. The van der Waals surface area contributed by atoms with Gasteiger partial charge in [0.15, 0.2) is 0 Å². The summed E-state index contributed by atoms with van der Waals surface area (Å²) < 4.78 is 43.9. The maximum Gasteiger partial charge on any atom is 0.391 e. The van der Waals surface area contributed by atoms with Crippen LogP contribution in [-0.2, 0) is 11.2 Å². The summed E-state index contributed by atoms with van der Waals surface area (Å²) in [5.41, 5.74) is 1.48. The van der Waals surface area contributed by atoms with Gasteiger partial charge in [0.2, 0.25) is 5.91 Å². The van der Waals surface area contributed by atoms with Crippen molar-refractivity contribution in [3.63, 3.8) is 0 Å². The molecule has 2 unspecified atom stereocenters. The summed E-state index contributed by atoms with van der Waals surface area (Å²) in [6.45, 7) is 5.05. The zero-order chi connectivity index (χ0) is 21.2. The minimum Gasteiger partial charge on any atom is -0.361 e. The van der Waals surface area contributed by atoms with Crippen LogP contribution in [0.3, 0.4) is 0 Å². The lowest BCUT2D eigenvalue weighted by molar-refractivity contribution is -0.183. The molecule has 1 N–H and O–H groups in total. The van der Waals surface area contributed by atoms with Gasteiger partial charge in [-0.05, 0) is 33.1 Å². The molecule has 2 heterocycles. The highest BCUT2D eigenvalue weighted by molar-refractivity contribution is 5.80. The van der Waals surface area contributed by atoms with E-state index in [4.69, 9.17) is 4.52 Å². The van der Waals surface area contributed by atoms with Crippen LogP contribution in [0.4, 0.5) is 18.0 Å². The SMILES string of the molecule is Cc1noc(C)c1CC(=O)N1CCN(C(=O)NC2CCCC(C(F)(F)F)C2)CC1. The Bertz CT molecular complexity index is 722. The fraction of sp³-hybridized carbons (Fsp3) is 0.737. The summed E-state index contributed by atoms with van der Waals surface area (Å²) in [6, 6.07) is -0.808. The Labute approximate surface area is 167 Å². The first-order valence-electron chi connectivity index (χ1n) is 9.97. The minimum atomic E-state index is -4.21. The van der Waals surface area contributed by atoms with Crippen molar-refractivity contribution in [2.75, 3.05) is 26.2 Å². The van der Waals surface area contributed by atoms with E-state index in [0.29, 0.717) is 50.5 Å². The summed E-state index contributed by atoms with van der Waals surface area (Å²) in [6.07, 6.45) is -2.93. The van der Waals surface area contributed by atoms with Gasteiger partial charge in [0, 0.05) is 37.8 Å². The summed E-state index contributed by atoms with van der Waals surface area (Å²) in [7, 11) is 0. The van der Waals surface area contributed by atoms with Crippen molar-refractivity contribution in [2.45, 2.75) is 58.2 Å². The molecule has 0 radical (unpaired) electrons. The molecule has 2 aliphatic rings. The van der Waals surface area contributed by atoms with Gasteiger partial charge in [0.1, 0.15) is 5.76 Å². The lowest BCUT2D eigenvalue weighted by Crippen LogP contribution is -2.55. The lowest BCUT2D eigenvalue weighted by atomic mass is 9.85. The van der Waals surface area contributed by atoms with Crippen LogP contribution in [0.2, 0.25) is 0 Å². The zero-order valence-electron chi connectivity index (χ0n) is 16.7. The number of urea groups is 1. The maximum absolute atomic E-state index is 12.9. The van der Waals surface area contributed by atoms with E-state index in [9.17, 15) is 22.8 Å². The van der Waals surface area contributed by atoms with Crippen LogP contribution in [0, 0.1) is 19.8 Å². The summed E-state index contributed by atoms with van der Waals surface area (Å²) >= 11 is 0. The molecule has 1 saturated heterocycles. The monoisotopic (exact) mass is 416 g/mol. The quantitative estimate of drug-likeness (QED) is 0.822. The highest BCUT2D eigenvalue weighted by atomic mass is 19.4. The Morgan fingerprint density at radius 1 is 1.14 bits per heavy atom. The van der Waals surface area contributed by atoms with Crippen LogP contribution < -0.4 is 5.32 Å². The Morgan fingerprint density at radius 3 is 2.38 bits per heavy atom. The van der Waals surface area contributed by atoms with E-state index in [1.807, 2.05) is 0 Å². The van der Waals surface area contributed by atoms with Crippen molar-refractivity contribution < 1.29 is 27.3 Å². The van der Waals surface area contributed by atoms with Crippen molar-refractivity contribution >= 4 is 11.9 Å². The molecule has 0 bridgehead atoms. The topological polar surface area (TPSA) is 78.7 Å². The van der Waals surface area contributed by atoms with Crippen molar-refractivity contribution in [1.29, 1.82) is 0 Å². The standard InChI is InChI=1S/C19H27F3N4O3/c1-12-16(13(2)29-24-12)11-17(27)25-6-8-26(9-7-25)18(28)23-15-5-3-4-14(10-15)19(20,21)22/h14-15H,3-11H2,1-2H3,(H,23,28). The number of aromatic nitrogens is 1. The summed E-state index contributed by atoms with van der Waals surface area (Å²) in [4.78, 5) is 28.2. The van der Waals surface area contributed by atoms with Gasteiger partial charge in [-0.2, -0.15) is 13.2 Å². The predicted molar refractivity (Wildman–Crippen MR) is 98.2 cm³/mol. The number of rotatable bonds is 3. The fourth-order valence-corrected chi connectivity index (χ4v) is 4.06. The lowest BCUT2D eigenvalue weighted by Gasteiger charge is -2.37. The molecular formula is C19H27F3N4O3. The Balaban J connectivity index is 1.46. The summed E-state index contributed by atoms with van der Waals surface area (Å²) in [5, 5.41) is 6.60. The summed E-state index contributed by atoms with van der Waals surface area (Å²) in [5.74, 6) is -0.779. The number of piperazine rings is 1. The number of hydrogen-bond acceptors (Lipinski definition) is 4. The third-order valence-corrected chi connectivity index (χ3v) is 5.89. The van der Waals surface area contributed by atoms with Crippen LogP contribution in [0.1, 0.15) is 42.7 Å². The largest absolute Gasteiger partial charge is 0.391 e. The normalized spacial score (nSPS) is 23.2. The second-order valence-electron chi connectivity index (χ2n) is 7.90. The number of hydrogen-bond donors (Lipinski definition) is 1. The number of amides is 3. The average Bonchev–Trinajstić information content (AvgIpc) is 2.99. The molecule has 1 saturated carbocycles. The first kappa shape index (κ1) is 21.4. The molecule has 1 aliphatic heterocycles. The number of carbonyl (C=O) groups is 2. The molecule has 0 aromatic carbocycles. The van der Waals surface area contributed by atoms with Gasteiger partial charge in [-0.25, -0.2) is 4.79 Å². The van der Waals surface area contributed by atoms with Crippen LogP contribution in [0.15, 0.2) is 4.52 Å². The van der Waals surface area contributed by atoms with Crippen LogP contribution in [-0.4, -0.2) is 65.3 Å². The Hall–Kier alpha value is -2.26. The zero-order valence-corrected chi connectivity index (χ0v) is 16.7. The molecule has 29 heavy (non-hydrogen) atoms. The number of nitrogens with zero attached hydrogens (tertiary/aromatic N) is 3. The van der Waals surface area contributed by atoms with Gasteiger partial charge in [0.05, 0.1) is 18.0 Å². The number of aryl methyl sites for hydroxylation is 2. The van der Waals surface area contributed by atoms with Gasteiger partial charge in [0.25, 0.3) is 0 Å². The van der Waals surface area contributed by atoms with Gasteiger partial charge >= 0.3 is 12.2 Å². The van der Waals surface area contributed by atoms with Gasteiger partial charge in [-0.1, -0.05) is 11.6 Å². The third kappa shape index (κ3) is 5.22. The molecule has 2 fully saturated rings. The predicted octanol–water partition coefficient (Wildman–Crippen LogP) is 2.81. The van der Waals surface area contributed by atoms with Gasteiger partial charge < -0.3 is 19.6 Å². The van der Waals surface area contributed by atoms with E-state index < -0.39 is 18.1 Å². The van der Waals surface area contributed by atoms with E-state index in [0.717, 1.165) is 5.56 Å². The molecule has 3 amide bonds. The average molecular weight is 416 g/mol. The molecule has 0 spiro atoms. The molecular weight excluding hydrogens is 389 g/mol. The molecule has 10 heteroatoms. The molecule has 1 aliphatic carbocycles. The molecule has 3 rings (SSSR count). The number of carbonyl (C=O) groups excluding carboxylic acids is 2. The molecule has 1 aromatic heterocycles. The number of alkyl halides is 3. The number of nitrogens with one attached hydrogen (secondary N) is 1. The molecule has 7 nitrogen and oxygen atoms in total. The highest BCUT2D eigenvalue weighted by Gasteiger charge is 2.42. The Kier molecular flexibility index (Phi) is 6.38. The van der Waals surface area contributed by atoms with Crippen molar-refractivity contribution in [3.8, 4) is 0 Å². The van der Waals surface area contributed by atoms with Crippen LogP contribution in [0.5, 0.6) is 0 Å². The fourth-order valence-electron chi connectivity index (χ4n) is 4.06. The second kappa shape index (κ2) is 8.62. The molecule has 1 aromatic rings. The Morgan fingerprint density at radius 2 is 1.79 bits per heavy atom. The first-order valence-corrected chi connectivity index (χ1v) is 9.97. The van der Waals surface area contributed by atoms with Crippen molar-refractivity contribution in [2.24, 2.45) is 5.92 Å². The second-order valence-corrected chi connectivity index (χ2v) is 7.90. The van der Waals surface area contributed by atoms with Crippen molar-refractivity contribution in [3.05, 3.63) is 17.0 Å². The molecule has 162 valence electrons. The van der Waals surface area contributed by atoms with Gasteiger partial charge in [-0.15, -0.1) is 0 Å². The van der Waals surface area contributed by atoms with Crippen LogP contribution >= 0.6 is 0 Å². The van der Waals surface area contributed by atoms with E-state index in [-0.39, 0.29) is 31.2 Å². The van der Waals surface area contributed by atoms with Gasteiger partial charge in [-0.3, -0.25) is 4.79 Å². The van der Waals surface area contributed by atoms with E-state index >= 15 is 0 Å². The van der Waals surface area contributed by atoms with E-state index in [1.165, 1.54) is 0 Å². The third-order valence-electron chi connectivity index (χ3n) is 5.89. The number of halogens is 3. The van der Waals surface area contributed by atoms with E-state index in [2.05, 4.69) is 10.5 Å². The van der Waals surface area contributed by atoms with E-state index in [1.54, 1.807) is 23.6 Å². The maximum atomic E-state index is 12.9. The van der Waals surface area contributed by atoms with Crippen LogP contribution in [0.25, 0.3) is 0 Å². The molecule has 2 atom stereocenters. The smallest absolute Gasteiger partial charge is 0.361 e. The van der Waals surface area contributed by atoms with Crippen molar-refractivity contribution in [1.82, 2.24) is 20.3 Å².